The van der Waals surface area contributed by atoms with Crippen LogP contribution in [0.4, 0.5) is 0 Å². The highest BCUT2D eigenvalue weighted by atomic mass is 16.5. The molecule has 0 aromatic carbocycles. The van der Waals surface area contributed by atoms with E-state index >= 15 is 0 Å². The Kier molecular flexibility index (Phi) is 19.5. The molecule has 0 aromatic rings. The van der Waals surface area contributed by atoms with E-state index < -0.39 is 11.9 Å². The van der Waals surface area contributed by atoms with Gasteiger partial charge in [-0.25, -0.2) is 4.79 Å². The van der Waals surface area contributed by atoms with Gasteiger partial charge in [-0.3, -0.25) is 9.59 Å². The van der Waals surface area contributed by atoms with Gasteiger partial charge < -0.3 is 10.1 Å². The molecule has 5 heteroatoms. The van der Waals surface area contributed by atoms with E-state index in [-0.39, 0.29) is 11.8 Å². The van der Waals surface area contributed by atoms with Crippen molar-refractivity contribution in [2.24, 2.45) is 0 Å². The van der Waals surface area contributed by atoms with E-state index in [1.165, 1.54) is 71.0 Å². The van der Waals surface area contributed by atoms with E-state index in [4.69, 9.17) is 0 Å². The summed E-state index contributed by atoms with van der Waals surface area (Å²) in [6.45, 7) is 4.30. The second kappa shape index (κ2) is 20.6. The minimum absolute atomic E-state index is 0.296. The van der Waals surface area contributed by atoms with Crippen LogP contribution in [0.1, 0.15) is 117 Å². The van der Waals surface area contributed by atoms with Gasteiger partial charge in [0.15, 0.2) is 0 Å². The van der Waals surface area contributed by atoms with Crippen LogP contribution in [-0.2, 0) is 19.1 Å². The van der Waals surface area contributed by atoms with Crippen molar-refractivity contribution in [3.05, 3.63) is 12.2 Å². The predicted molar refractivity (Wildman–Crippen MR) is 123 cm³/mol. The number of unbranched alkanes of at least 4 members (excludes halogenated alkanes) is 12. The summed E-state index contributed by atoms with van der Waals surface area (Å²) in [5, 5.41) is 2.74. The summed E-state index contributed by atoms with van der Waals surface area (Å²) in [5.74, 6) is -1.38. The lowest BCUT2D eigenvalue weighted by atomic mass is 10.0. The molecule has 0 saturated heterocycles. The second-order valence-corrected chi connectivity index (χ2v) is 8.17. The minimum atomic E-state index is -0.548. The molecule has 0 heterocycles. The molecule has 0 bridgehead atoms. The normalized spacial score (nSPS) is 12.1. The maximum atomic E-state index is 12.2. The first-order valence-electron chi connectivity index (χ1n) is 12.1. The molecular weight excluding hydrogens is 378 g/mol. The summed E-state index contributed by atoms with van der Waals surface area (Å²) in [6.07, 6.45) is 20.6. The summed E-state index contributed by atoms with van der Waals surface area (Å²) in [5.41, 5.74) is 0. The molecule has 1 atom stereocenters. The van der Waals surface area contributed by atoms with Crippen molar-refractivity contribution in [3.8, 4) is 0 Å². The maximum absolute atomic E-state index is 12.2. The van der Waals surface area contributed by atoms with Crippen molar-refractivity contribution < 1.29 is 19.1 Å². The topological polar surface area (TPSA) is 72.5 Å². The van der Waals surface area contributed by atoms with Gasteiger partial charge in [0, 0.05) is 18.5 Å². The van der Waals surface area contributed by atoms with Gasteiger partial charge in [-0.1, -0.05) is 103 Å². The zero-order valence-corrected chi connectivity index (χ0v) is 19.7. The number of carbonyl (C=O) groups excluding carboxylic acids is 3. The number of nitrogens with one attached hydrogen (secondary N) is 1. The van der Waals surface area contributed by atoms with Gasteiger partial charge >= 0.3 is 5.97 Å². The average Bonchev–Trinajstić information content (AvgIpc) is 2.75. The summed E-state index contributed by atoms with van der Waals surface area (Å²) in [6, 6.07) is -0.317. The highest BCUT2D eigenvalue weighted by molar-refractivity contribution is 6.36. The summed E-state index contributed by atoms with van der Waals surface area (Å²) in [4.78, 5) is 35.5. The molecular formula is C25H45NO4. The van der Waals surface area contributed by atoms with Crippen LogP contribution in [0.3, 0.4) is 0 Å². The Labute approximate surface area is 184 Å². The van der Waals surface area contributed by atoms with Crippen LogP contribution in [0, 0.1) is 0 Å². The molecule has 0 saturated carbocycles. The summed E-state index contributed by atoms with van der Waals surface area (Å²) in [7, 11) is 1.31. The number of esters is 1. The minimum Gasteiger partial charge on any atom is -0.466 e. The highest BCUT2D eigenvalue weighted by Crippen LogP contribution is 2.12. The van der Waals surface area contributed by atoms with Crippen LogP contribution in [-0.4, -0.2) is 30.8 Å². The van der Waals surface area contributed by atoms with Crippen molar-refractivity contribution in [2.45, 2.75) is 123 Å². The van der Waals surface area contributed by atoms with Crippen LogP contribution < -0.4 is 5.32 Å². The highest BCUT2D eigenvalue weighted by Gasteiger charge is 2.16. The van der Waals surface area contributed by atoms with E-state index in [0.717, 1.165) is 32.1 Å². The molecule has 174 valence electrons. The number of hydrogen-bond donors (Lipinski definition) is 1. The Bertz CT molecular complexity index is 488. The smallest absolute Gasteiger partial charge is 0.330 e. The van der Waals surface area contributed by atoms with Crippen molar-refractivity contribution in [1.29, 1.82) is 0 Å². The van der Waals surface area contributed by atoms with Gasteiger partial charge in [0.25, 0.3) is 5.91 Å². The van der Waals surface area contributed by atoms with Gasteiger partial charge in [0.1, 0.15) is 0 Å². The number of ketones is 1. The van der Waals surface area contributed by atoms with Gasteiger partial charge in [-0.2, -0.15) is 0 Å². The van der Waals surface area contributed by atoms with Gasteiger partial charge in [-0.05, 0) is 12.8 Å². The Morgan fingerprint density at radius 2 is 1.27 bits per heavy atom. The Morgan fingerprint density at radius 3 is 1.77 bits per heavy atom. The molecule has 0 aromatic heterocycles. The molecule has 1 N–H and O–H groups in total. The van der Waals surface area contributed by atoms with Crippen molar-refractivity contribution in [2.75, 3.05) is 7.11 Å². The molecule has 0 spiro atoms. The standard InChI is InChI=1S/C25H45NO4/c1-4-6-8-9-10-11-12-13-14-15-16-17-19-23(27)25(29)26-22(18-7-5-2)20-21-24(28)30-3/h20-22H,4-19H2,1-3H3,(H,26,29)/b21-20+. The molecule has 5 nitrogen and oxygen atoms in total. The number of ether oxygens (including phenoxy) is 1. The first-order chi connectivity index (χ1) is 14.5. The molecule has 30 heavy (non-hydrogen) atoms. The lowest BCUT2D eigenvalue weighted by Gasteiger charge is -2.14. The van der Waals surface area contributed by atoms with Gasteiger partial charge in [0.2, 0.25) is 5.78 Å². The van der Waals surface area contributed by atoms with E-state index in [1.54, 1.807) is 6.08 Å². The Hall–Kier alpha value is -1.65. The fourth-order valence-electron chi connectivity index (χ4n) is 3.39. The van der Waals surface area contributed by atoms with Crippen LogP contribution in [0.2, 0.25) is 0 Å². The van der Waals surface area contributed by atoms with E-state index in [2.05, 4.69) is 23.9 Å². The Morgan fingerprint density at radius 1 is 0.767 bits per heavy atom. The Balaban J connectivity index is 3.88. The number of rotatable bonds is 20. The van der Waals surface area contributed by atoms with Gasteiger partial charge in [-0.15, -0.1) is 0 Å². The number of methoxy groups -OCH3 is 1. The number of hydrogen-bond acceptors (Lipinski definition) is 4. The van der Waals surface area contributed by atoms with E-state index in [9.17, 15) is 14.4 Å². The second-order valence-electron chi connectivity index (χ2n) is 8.17. The van der Waals surface area contributed by atoms with Crippen molar-refractivity contribution in [3.63, 3.8) is 0 Å². The van der Waals surface area contributed by atoms with Crippen LogP contribution in [0.25, 0.3) is 0 Å². The van der Waals surface area contributed by atoms with Crippen LogP contribution in [0.5, 0.6) is 0 Å². The third-order valence-corrected chi connectivity index (χ3v) is 5.36. The summed E-state index contributed by atoms with van der Waals surface area (Å²) < 4.78 is 4.58. The SMILES string of the molecule is CCCCCCCCCCCCCCC(=O)C(=O)NC(/C=C/C(=O)OC)CCCC. The predicted octanol–water partition coefficient (Wildman–Crippen LogP) is 6.05. The fraction of sp³-hybridized carbons (Fsp3) is 0.800. The van der Waals surface area contributed by atoms with Gasteiger partial charge in [0.05, 0.1) is 7.11 Å². The molecule has 1 unspecified atom stereocenters. The quantitative estimate of drug-likeness (QED) is 0.112. The molecule has 0 aliphatic heterocycles. The van der Waals surface area contributed by atoms with Crippen molar-refractivity contribution in [1.82, 2.24) is 5.32 Å². The molecule has 0 fully saturated rings. The van der Waals surface area contributed by atoms with E-state index in [0.29, 0.717) is 12.8 Å². The number of carbonyl (C=O) groups is 3. The summed E-state index contributed by atoms with van der Waals surface area (Å²) >= 11 is 0. The molecule has 0 aliphatic rings. The average molecular weight is 424 g/mol. The number of Topliss-reactive ketones (excluding diaryl/α,β-unsaturated/α-hetero) is 1. The third-order valence-electron chi connectivity index (χ3n) is 5.36. The first kappa shape index (κ1) is 28.4. The first-order valence-corrected chi connectivity index (χ1v) is 12.1. The lowest BCUT2D eigenvalue weighted by molar-refractivity contribution is -0.138. The molecule has 0 aliphatic carbocycles. The lowest BCUT2D eigenvalue weighted by Crippen LogP contribution is -2.38. The van der Waals surface area contributed by atoms with Crippen molar-refractivity contribution >= 4 is 17.7 Å². The largest absolute Gasteiger partial charge is 0.466 e. The number of amides is 1. The third kappa shape index (κ3) is 17.2. The molecule has 1 amide bonds. The fourth-order valence-corrected chi connectivity index (χ4v) is 3.39. The van der Waals surface area contributed by atoms with Crippen LogP contribution >= 0.6 is 0 Å². The van der Waals surface area contributed by atoms with Crippen LogP contribution in [0.15, 0.2) is 12.2 Å². The monoisotopic (exact) mass is 423 g/mol. The van der Waals surface area contributed by atoms with E-state index in [1.807, 2.05) is 0 Å². The molecule has 0 radical (unpaired) electrons. The zero-order chi connectivity index (χ0) is 22.5. The maximum Gasteiger partial charge on any atom is 0.330 e. The molecule has 0 rings (SSSR count). The zero-order valence-electron chi connectivity index (χ0n) is 19.7.